The second-order valence-corrected chi connectivity index (χ2v) is 5.97. The van der Waals surface area contributed by atoms with Crippen molar-refractivity contribution in [3.8, 4) is 0 Å². The maximum Gasteiger partial charge on any atom is 0.256 e. The summed E-state index contributed by atoms with van der Waals surface area (Å²) in [6, 6.07) is 8.32. The van der Waals surface area contributed by atoms with Crippen LogP contribution >= 0.6 is 0 Å². The molecule has 0 spiro atoms. The molecule has 0 radical (unpaired) electrons. The highest BCUT2D eigenvalue weighted by Crippen LogP contribution is 2.37. The number of rotatable bonds is 1. The van der Waals surface area contributed by atoms with Gasteiger partial charge in [0.15, 0.2) is 0 Å². The van der Waals surface area contributed by atoms with E-state index in [-0.39, 0.29) is 24.1 Å². The number of para-hydroxylation sites is 1. The fourth-order valence-electron chi connectivity index (χ4n) is 3.87. The molecule has 1 amide bonds. The zero-order chi connectivity index (χ0) is 13.7. The van der Waals surface area contributed by atoms with E-state index < -0.39 is 0 Å². The zero-order valence-electron chi connectivity index (χ0n) is 11.2. The summed E-state index contributed by atoms with van der Waals surface area (Å²) in [7, 11) is 0. The maximum absolute atomic E-state index is 12.9. The first-order chi connectivity index (χ1) is 9.74. The molecule has 4 rings (SSSR count). The first kappa shape index (κ1) is 12.0. The van der Waals surface area contributed by atoms with Gasteiger partial charge in [-0.3, -0.25) is 4.79 Å². The van der Waals surface area contributed by atoms with Crippen LogP contribution in [0.4, 0.5) is 0 Å². The lowest BCUT2D eigenvalue weighted by atomic mass is 9.98. The number of piperidine rings is 1. The van der Waals surface area contributed by atoms with Crippen LogP contribution in [-0.4, -0.2) is 39.1 Å². The normalized spacial score (nSPS) is 29.1. The Kier molecular flexibility index (Phi) is 2.60. The summed E-state index contributed by atoms with van der Waals surface area (Å²) in [6.07, 6.45) is 5.08. The Labute approximate surface area is 117 Å². The molecule has 2 fully saturated rings. The van der Waals surface area contributed by atoms with Crippen LogP contribution in [0.5, 0.6) is 0 Å². The SMILES string of the molecule is O=C(c1c[nH]c2ccccc12)N1C2CCC1CC(O)C2. The fraction of sp³-hybridized carbons (Fsp3) is 0.438. The summed E-state index contributed by atoms with van der Waals surface area (Å²) in [6.45, 7) is 0. The van der Waals surface area contributed by atoms with Gasteiger partial charge in [-0.25, -0.2) is 0 Å². The Bertz CT molecular complexity index is 649. The number of aliphatic hydroxyl groups excluding tert-OH is 1. The van der Waals surface area contributed by atoms with Crippen LogP contribution in [0.25, 0.3) is 10.9 Å². The third-order valence-electron chi connectivity index (χ3n) is 4.76. The minimum atomic E-state index is -0.237. The molecule has 104 valence electrons. The quantitative estimate of drug-likeness (QED) is 0.835. The molecule has 4 heteroatoms. The van der Waals surface area contributed by atoms with Gasteiger partial charge >= 0.3 is 0 Å². The first-order valence-electron chi connectivity index (χ1n) is 7.31. The number of H-pyrrole nitrogens is 1. The van der Waals surface area contributed by atoms with Crippen LogP contribution in [0.1, 0.15) is 36.0 Å². The van der Waals surface area contributed by atoms with E-state index in [1.165, 1.54) is 0 Å². The second kappa shape index (κ2) is 4.35. The van der Waals surface area contributed by atoms with E-state index in [4.69, 9.17) is 0 Å². The summed E-state index contributed by atoms with van der Waals surface area (Å²) >= 11 is 0. The van der Waals surface area contributed by atoms with Crippen LogP contribution in [0, 0.1) is 0 Å². The molecule has 2 saturated heterocycles. The molecule has 0 saturated carbocycles. The molecule has 1 aromatic carbocycles. The molecule has 2 N–H and O–H groups in total. The number of hydrogen-bond acceptors (Lipinski definition) is 2. The predicted molar refractivity (Wildman–Crippen MR) is 76.5 cm³/mol. The van der Waals surface area contributed by atoms with Gasteiger partial charge in [-0.15, -0.1) is 0 Å². The summed E-state index contributed by atoms with van der Waals surface area (Å²) < 4.78 is 0. The minimum Gasteiger partial charge on any atom is -0.393 e. The van der Waals surface area contributed by atoms with Crippen molar-refractivity contribution < 1.29 is 9.90 Å². The van der Waals surface area contributed by atoms with Gasteiger partial charge in [0.1, 0.15) is 0 Å². The van der Waals surface area contributed by atoms with Crippen LogP contribution in [0.3, 0.4) is 0 Å². The third-order valence-corrected chi connectivity index (χ3v) is 4.76. The standard InChI is InChI=1S/C16H18N2O2/c19-12-7-10-5-6-11(8-12)18(10)16(20)14-9-17-15-4-2-1-3-13(14)15/h1-4,9-12,17,19H,5-8H2. The number of fused-ring (bicyclic) bond motifs is 3. The molecular formula is C16H18N2O2. The lowest BCUT2D eigenvalue weighted by Crippen LogP contribution is -2.47. The topological polar surface area (TPSA) is 56.3 Å². The van der Waals surface area contributed by atoms with Gasteiger partial charge in [-0.2, -0.15) is 0 Å². The second-order valence-electron chi connectivity index (χ2n) is 5.97. The van der Waals surface area contributed by atoms with Gasteiger partial charge in [-0.1, -0.05) is 18.2 Å². The van der Waals surface area contributed by atoms with Crippen molar-refractivity contribution in [2.75, 3.05) is 0 Å². The number of benzene rings is 1. The monoisotopic (exact) mass is 270 g/mol. The molecule has 20 heavy (non-hydrogen) atoms. The molecule has 2 unspecified atom stereocenters. The minimum absolute atomic E-state index is 0.113. The molecule has 2 atom stereocenters. The fourth-order valence-corrected chi connectivity index (χ4v) is 3.87. The van der Waals surface area contributed by atoms with Crippen molar-refractivity contribution in [1.29, 1.82) is 0 Å². The Morgan fingerprint density at radius 1 is 1.20 bits per heavy atom. The summed E-state index contributed by atoms with van der Waals surface area (Å²) in [5, 5.41) is 10.8. The van der Waals surface area contributed by atoms with Crippen LogP contribution in [0.2, 0.25) is 0 Å². The zero-order valence-corrected chi connectivity index (χ0v) is 11.2. The molecule has 1 aromatic heterocycles. The number of hydrogen-bond donors (Lipinski definition) is 2. The summed E-state index contributed by atoms with van der Waals surface area (Å²) in [4.78, 5) is 18.1. The highest BCUT2D eigenvalue weighted by Gasteiger charge is 2.43. The number of carbonyl (C=O) groups excluding carboxylic acids is 1. The number of aliphatic hydroxyl groups is 1. The van der Waals surface area contributed by atoms with Gasteiger partial charge in [-0.05, 0) is 31.7 Å². The van der Waals surface area contributed by atoms with Gasteiger partial charge in [0.25, 0.3) is 5.91 Å². The molecule has 2 aromatic rings. The van der Waals surface area contributed by atoms with Crippen molar-refractivity contribution in [3.05, 3.63) is 36.0 Å². The maximum atomic E-state index is 12.9. The summed E-state index contributed by atoms with van der Waals surface area (Å²) in [5.41, 5.74) is 1.76. The highest BCUT2D eigenvalue weighted by molar-refractivity contribution is 6.07. The van der Waals surface area contributed by atoms with E-state index >= 15 is 0 Å². The predicted octanol–water partition coefficient (Wildman–Crippen LogP) is 2.30. The van der Waals surface area contributed by atoms with Crippen molar-refractivity contribution in [2.45, 2.75) is 43.9 Å². The van der Waals surface area contributed by atoms with Crippen molar-refractivity contribution in [3.63, 3.8) is 0 Å². The van der Waals surface area contributed by atoms with Gasteiger partial charge in [0.05, 0.1) is 11.7 Å². The molecule has 2 aliphatic heterocycles. The average Bonchev–Trinajstić information content (AvgIpc) is 2.98. The van der Waals surface area contributed by atoms with Gasteiger partial charge in [0.2, 0.25) is 0 Å². The van der Waals surface area contributed by atoms with E-state index in [1.54, 1.807) is 0 Å². The van der Waals surface area contributed by atoms with E-state index in [9.17, 15) is 9.90 Å². The largest absolute Gasteiger partial charge is 0.393 e. The van der Waals surface area contributed by atoms with Crippen molar-refractivity contribution in [2.24, 2.45) is 0 Å². The van der Waals surface area contributed by atoms with Crippen molar-refractivity contribution >= 4 is 16.8 Å². The molecule has 4 nitrogen and oxygen atoms in total. The number of nitrogens with one attached hydrogen (secondary N) is 1. The lowest BCUT2D eigenvalue weighted by molar-refractivity contribution is 0.0288. The van der Waals surface area contributed by atoms with Gasteiger partial charge < -0.3 is 15.0 Å². The molecule has 3 heterocycles. The number of carbonyl (C=O) groups is 1. The third kappa shape index (κ3) is 1.68. The molecule has 0 aliphatic carbocycles. The van der Waals surface area contributed by atoms with Crippen LogP contribution < -0.4 is 0 Å². The number of aromatic nitrogens is 1. The van der Waals surface area contributed by atoms with Gasteiger partial charge in [0, 0.05) is 29.2 Å². The lowest BCUT2D eigenvalue weighted by Gasteiger charge is -2.37. The average molecular weight is 270 g/mol. The van der Waals surface area contributed by atoms with E-state index in [0.717, 1.165) is 42.1 Å². The number of amides is 1. The van der Waals surface area contributed by atoms with E-state index in [1.807, 2.05) is 35.4 Å². The van der Waals surface area contributed by atoms with Crippen molar-refractivity contribution in [1.82, 2.24) is 9.88 Å². The Hall–Kier alpha value is -1.81. The Morgan fingerprint density at radius 2 is 1.90 bits per heavy atom. The molecule has 2 aliphatic rings. The molecule has 2 bridgehead atoms. The number of aromatic amines is 1. The molecular weight excluding hydrogens is 252 g/mol. The summed E-state index contributed by atoms with van der Waals surface area (Å²) in [5.74, 6) is 0.113. The van der Waals surface area contributed by atoms with E-state index in [0.29, 0.717) is 0 Å². The van der Waals surface area contributed by atoms with Crippen LogP contribution in [-0.2, 0) is 0 Å². The highest BCUT2D eigenvalue weighted by atomic mass is 16.3. The number of nitrogens with zero attached hydrogens (tertiary/aromatic N) is 1. The van der Waals surface area contributed by atoms with E-state index in [2.05, 4.69) is 4.98 Å². The Morgan fingerprint density at radius 3 is 2.65 bits per heavy atom. The smallest absolute Gasteiger partial charge is 0.256 e. The first-order valence-corrected chi connectivity index (χ1v) is 7.31. The Balaban J connectivity index is 1.71. The van der Waals surface area contributed by atoms with Crippen LogP contribution in [0.15, 0.2) is 30.5 Å².